The molecular formula is C20H15N5S. The summed E-state index contributed by atoms with van der Waals surface area (Å²) in [5.41, 5.74) is 5.61. The van der Waals surface area contributed by atoms with E-state index in [-0.39, 0.29) is 0 Å². The predicted molar refractivity (Wildman–Crippen MR) is 107 cm³/mol. The number of hydrazone groups is 1. The second-order valence-corrected chi connectivity index (χ2v) is 6.47. The largest absolute Gasteiger partial charge is 0.250 e. The van der Waals surface area contributed by atoms with Crippen LogP contribution in [0.3, 0.4) is 0 Å². The molecule has 0 amide bonds. The SMILES string of the molecule is c1ccc(/N=N/C(=N/Nc2nc3ccccc3s2)c2ccccc2)cc1. The van der Waals surface area contributed by atoms with Gasteiger partial charge in [0.1, 0.15) is 0 Å². The number of nitrogens with one attached hydrogen (secondary N) is 1. The van der Waals surface area contributed by atoms with Crippen molar-refractivity contribution in [3.05, 3.63) is 90.5 Å². The van der Waals surface area contributed by atoms with Crippen molar-refractivity contribution in [3.63, 3.8) is 0 Å². The molecule has 0 saturated heterocycles. The summed E-state index contributed by atoms with van der Waals surface area (Å²) >= 11 is 1.55. The van der Waals surface area contributed by atoms with Crippen molar-refractivity contribution in [1.82, 2.24) is 4.98 Å². The fourth-order valence-corrected chi connectivity index (χ4v) is 3.16. The number of benzene rings is 3. The van der Waals surface area contributed by atoms with Crippen molar-refractivity contribution in [2.45, 2.75) is 0 Å². The van der Waals surface area contributed by atoms with Crippen LogP contribution in [0.1, 0.15) is 5.56 Å². The van der Waals surface area contributed by atoms with Crippen LogP contribution in [-0.2, 0) is 0 Å². The van der Waals surface area contributed by atoms with Gasteiger partial charge in [-0.3, -0.25) is 5.43 Å². The lowest BCUT2D eigenvalue weighted by Gasteiger charge is -2.01. The Morgan fingerprint density at radius 1 is 0.808 bits per heavy atom. The number of rotatable bonds is 4. The number of para-hydroxylation sites is 1. The van der Waals surface area contributed by atoms with Gasteiger partial charge >= 0.3 is 0 Å². The first-order valence-electron chi connectivity index (χ1n) is 8.10. The monoisotopic (exact) mass is 357 g/mol. The van der Waals surface area contributed by atoms with Gasteiger partial charge in [0.15, 0.2) is 0 Å². The Hall–Kier alpha value is -3.38. The molecule has 1 heterocycles. The van der Waals surface area contributed by atoms with Gasteiger partial charge in [-0.25, -0.2) is 4.98 Å². The molecule has 0 aliphatic heterocycles. The van der Waals surface area contributed by atoms with Crippen molar-refractivity contribution in [2.75, 3.05) is 5.43 Å². The number of amidine groups is 1. The maximum absolute atomic E-state index is 4.52. The second kappa shape index (κ2) is 7.67. The number of thiazole rings is 1. The number of fused-ring (bicyclic) bond motifs is 1. The van der Waals surface area contributed by atoms with Crippen molar-refractivity contribution in [2.24, 2.45) is 15.3 Å². The molecule has 1 N–H and O–H groups in total. The highest BCUT2D eigenvalue weighted by Crippen LogP contribution is 2.25. The molecule has 4 aromatic rings. The van der Waals surface area contributed by atoms with E-state index in [9.17, 15) is 0 Å². The third-order valence-electron chi connectivity index (χ3n) is 3.60. The average molecular weight is 357 g/mol. The van der Waals surface area contributed by atoms with Crippen LogP contribution in [0.15, 0.2) is 100 Å². The quantitative estimate of drug-likeness (QED) is 0.215. The summed E-state index contributed by atoms with van der Waals surface area (Å²) in [5.74, 6) is 0.494. The van der Waals surface area contributed by atoms with E-state index >= 15 is 0 Å². The van der Waals surface area contributed by atoms with Crippen LogP contribution < -0.4 is 5.43 Å². The highest BCUT2D eigenvalue weighted by molar-refractivity contribution is 7.22. The Balaban J connectivity index is 1.63. The van der Waals surface area contributed by atoms with E-state index in [4.69, 9.17) is 0 Å². The lowest BCUT2D eigenvalue weighted by Crippen LogP contribution is -2.00. The van der Waals surface area contributed by atoms with Crippen LogP contribution in [-0.4, -0.2) is 10.8 Å². The van der Waals surface area contributed by atoms with E-state index < -0.39 is 0 Å². The van der Waals surface area contributed by atoms with Gasteiger partial charge < -0.3 is 0 Å². The van der Waals surface area contributed by atoms with Gasteiger partial charge in [0, 0.05) is 5.56 Å². The molecular weight excluding hydrogens is 342 g/mol. The molecule has 5 nitrogen and oxygen atoms in total. The molecule has 0 spiro atoms. The Morgan fingerprint density at radius 2 is 1.50 bits per heavy atom. The molecule has 0 radical (unpaired) electrons. The molecule has 0 atom stereocenters. The molecule has 0 aliphatic rings. The summed E-state index contributed by atoms with van der Waals surface area (Å²) in [6.45, 7) is 0. The fourth-order valence-electron chi connectivity index (χ4n) is 2.35. The lowest BCUT2D eigenvalue weighted by molar-refractivity contribution is 1.22. The van der Waals surface area contributed by atoms with Crippen molar-refractivity contribution in [1.29, 1.82) is 0 Å². The number of hydrogen-bond acceptors (Lipinski definition) is 5. The van der Waals surface area contributed by atoms with Crippen molar-refractivity contribution in [3.8, 4) is 0 Å². The molecule has 4 rings (SSSR count). The standard InChI is InChI=1S/C20H15N5S/c1-3-9-15(10-4-1)19(23-22-16-11-5-2-6-12-16)24-25-20-21-17-13-7-8-14-18(17)26-20/h1-14H,(H,21,25)/b23-22+,24-19+. The summed E-state index contributed by atoms with van der Waals surface area (Å²) in [7, 11) is 0. The van der Waals surface area contributed by atoms with Crippen LogP contribution in [0.4, 0.5) is 10.8 Å². The minimum atomic E-state index is 0.494. The Kier molecular flexibility index (Phi) is 4.75. The van der Waals surface area contributed by atoms with Gasteiger partial charge in [-0.05, 0) is 24.3 Å². The minimum absolute atomic E-state index is 0.494. The average Bonchev–Trinajstić information content (AvgIpc) is 3.12. The van der Waals surface area contributed by atoms with Gasteiger partial charge in [0.05, 0.1) is 15.9 Å². The summed E-state index contributed by atoms with van der Waals surface area (Å²) in [6.07, 6.45) is 0. The molecule has 0 bridgehead atoms. The maximum Gasteiger partial charge on any atom is 0.204 e. The summed E-state index contributed by atoms with van der Waals surface area (Å²) in [5, 5.41) is 13.7. The van der Waals surface area contributed by atoms with Crippen LogP contribution in [0.2, 0.25) is 0 Å². The highest BCUT2D eigenvalue weighted by atomic mass is 32.1. The van der Waals surface area contributed by atoms with E-state index in [2.05, 4.69) is 25.7 Å². The lowest BCUT2D eigenvalue weighted by atomic mass is 10.2. The Morgan fingerprint density at radius 3 is 2.27 bits per heavy atom. The molecule has 126 valence electrons. The molecule has 0 fully saturated rings. The molecule has 26 heavy (non-hydrogen) atoms. The Labute approximate surface area is 154 Å². The van der Waals surface area contributed by atoms with Gasteiger partial charge in [-0.2, -0.15) is 5.10 Å². The van der Waals surface area contributed by atoms with Crippen LogP contribution >= 0.6 is 11.3 Å². The van der Waals surface area contributed by atoms with Gasteiger partial charge in [-0.15, -0.1) is 10.2 Å². The number of aromatic nitrogens is 1. The first-order valence-corrected chi connectivity index (χ1v) is 8.92. The minimum Gasteiger partial charge on any atom is -0.250 e. The summed E-state index contributed by atoms with van der Waals surface area (Å²) in [4.78, 5) is 4.52. The van der Waals surface area contributed by atoms with Gasteiger partial charge in [0.25, 0.3) is 0 Å². The number of hydrogen-bond donors (Lipinski definition) is 1. The van der Waals surface area contributed by atoms with Crippen molar-refractivity contribution >= 4 is 38.2 Å². The number of nitrogens with zero attached hydrogens (tertiary/aromatic N) is 4. The van der Waals surface area contributed by atoms with Crippen molar-refractivity contribution < 1.29 is 0 Å². The number of azo groups is 1. The molecule has 0 aliphatic carbocycles. The zero-order valence-electron chi connectivity index (χ0n) is 13.8. The zero-order chi connectivity index (χ0) is 17.6. The zero-order valence-corrected chi connectivity index (χ0v) is 14.6. The van der Waals surface area contributed by atoms with Crippen LogP contribution in [0, 0.1) is 0 Å². The smallest absolute Gasteiger partial charge is 0.204 e. The highest BCUT2D eigenvalue weighted by Gasteiger charge is 2.05. The predicted octanol–water partition coefficient (Wildman–Crippen LogP) is 5.85. The molecule has 6 heteroatoms. The summed E-state index contributed by atoms with van der Waals surface area (Å²) in [6, 6.07) is 27.3. The normalized spacial score (nSPS) is 11.9. The van der Waals surface area contributed by atoms with Crippen LogP contribution in [0.25, 0.3) is 10.2 Å². The second-order valence-electron chi connectivity index (χ2n) is 5.44. The van der Waals surface area contributed by atoms with Gasteiger partial charge in [0.2, 0.25) is 11.0 Å². The molecule has 1 aromatic heterocycles. The first-order chi connectivity index (χ1) is 12.9. The third-order valence-corrected chi connectivity index (χ3v) is 4.54. The first kappa shape index (κ1) is 16.1. The van der Waals surface area contributed by atoms with E-state index in [1.165, 1.54) is 0 Å². The fraction of sp³-hybridized carbons (Fsp3) is 0. The van der Waals surface area contributed by atoms with E-state index in [0.29, 0.717) is 5.84 Å². The third kappa shape index (κ3) is 3.81. The van der Waals surface area contributed by atoms with Crippen LogP contribution in [0.5, 0.6) is 0 Å². The molecule has 0 unspecified atom stereocenters. The topological polar surface area (TPSA) is 62.0 Å². The van der Waals surface area contributed by atoms with E-state index in [0.717, 1.165) is 26.6 Å². The summed E-state index contributed by atoms with van der Waals surface area (Å²) < 4.78 is 1.11. The molecule has 3 aromatic carbocycles. The molecule has 0 saturated carbocycles. The Bertz CT molecular complexity index is 1020. The maximum atomic E-state index is 4.52. The number of anilines is 1. The van der Waals surface area contributed by atoms with E-state index in [1.807, 2.05) is 84.9 Å². The van der Waals surface area contributed by atoms with Gasteiger partial charge in [-0.1, -0.05) is 72.0 Å². The van der Waals surface area contributed by atoms with E-state index in [1.54, 1.807) is 11.3 Å².